The highest BCUT2D eigenvalue weighted by Crippen LogP contribution is 2.26. The molecule has 1 aromatic heterocycles. The van der Waals surface area contributed by atoms with E-state index in [2.05, 4.69) is 44.3 Å². The van der Waals surface area contributed by atoms with Gasteiger partial charge in [-0.2, -0.15) is 0 Å². The van der Waals surface area contributed by atoms with Crippen LogP contribution in [-0.4, -0.2) is 6.54 Å². The van der Waals surface area contributed by atoms with Gasteiger partial charge in [0.25, 0.3) is 0 Å². The van der Waals surface area contributed by atoms with Crippen molar-refractivity contribution in [2.24, 2.45) is 0 Å². The fourth-order valence-corrected chi connectivity index (χ4v) is 2.05. The minimum atomic E-state index is 0.331. The predicted octanol–water partition coefficient (Wildman–Crippen LogP) is 3.80. The first-order chi connectivity index (χ1) is 7.74. The lowest BCUT2D eigenvalue weighted by Gasteiger charge is -2.11. The molecule has 0 saturated carbocycles. The third-order valence-corrected chi connectivity index (χ3v) is 2.89. The van der Waals surface area contributed by atoms with E-state index in [1.54, 1.807) is 0 Å². The molecule has 0 radical (unpaired) electrons. The Labute approximate surface area is 96.6 Å². The van der Waals surface area contributed by atoms with Crippen molar-refractivity contribution < 1.29 is 4.42 Å². The van der Waals surface area contributed by atoms with Crippen LogP contribution in [0.1, 0.15) is 37.6 Å². The molecule has 0 bridgehead atoms. The summed E-state index contributed by atoms with van der Waals surface area (Å²) in [6.45, 7) is 7.36. The van der Waals surface area contributed by atoms with Gasteiger partial charge in [-0.05, 0) is 38.1 Å². The van der Waals surface area contributed by atoms with Crippen molar-refractivity contribution in [1.29, 1.82) is 0 Å². The largest absolute Gasteiger partial charge is 0.459 e. The van der Waals surface area contributed by atoms with Gasteiger partial charge in [0.05, 0.1) is 6.04 Å². The van der Waals surface area contributed by atoms with Gasteiger partial charge in [-0.15, -0.1) is 0 Å². The molecule has 1 unspecified atom stereocenters. The Morgan fingerprint density at radius 3 is 2.75 bits per heavy atom. The molecule has 0 aliphatic heterocycles. The highest BCUT2D eigenvalue weighted by atomic mass is 16.3. The molecule has 2 heteroatoms. The maximum atomic E-state index is 5.87. The molecule has 0 fully saturated rings. The number of benzene rings is 1. The second kappa shape index (κ2) is 4.71. The fourth-order valence-electron chi connectivity index (χ4n) is 2.05. The zero-order valence-corrected chi connectivity index (χ0v) is 10.2. The Hall–Kier alpha value is -1.28. The number of hydrogen-bond acceptors (Lipinski definition) is 2. The molecule has 86 valence electrons. The molecule has 0 aliphatic rings. The average Bonchev–Trinajstić information content (AvgIpc) is 2.68. The van der Waals surface area contributed by atoms with Crippen LogP contribution in [0, 0.1) is 6.92 Å². The second-order valence-electron chi connectivity index (χ2n) is 4.21. The highest BCUT2D eigenvalue weighted by molar-refractivity contribution is 5.78. The van der Waals surface area contributed by atoms with Crippen molar-refractivity contribution in [3.05, 3.63) is 35.6 Å². The van der Waals surface area contributed by atoms with Crippen LogP contribution < -0.4 is 5.32 Å². The molecule has 1 aromatic carbocycles. The molecule has 2 nitrogen and oxygen atoms in total. The Bertz CT molecular complexity index is 473. The highest BCUT2D eigenvalue weighted by Gasteiger charge is 2.13. The van der Waals surface area contributed by atoms with Crippen LogP contribution in [0.2, 0.25) is 0 Å². The summed E-state index contributed by atoms with van der Waals surface area (Å²) in [7, 11) is 0. The van der Waals surface area contributed by atoms with Crippen LogP contribution in [0.5, 0.6) is 0 Å². The van der Waals surface area contributed by atoms with Crippen LogP contribution in [-0.2, 0) is 0 Å². The molecular formula is C14H19NO. The van der Waals surface area contributed by atoms with E-state index >= 15 is 0 Å². The summed E-state index contributed by atoms with van der Waals surface area (Å²) in [4.78, 5) is 0. The summed E-state index contributed by atoms with van der Waals surface area (Å²) in [5.41, 5.74) is 2.26. The monoisotopic (exact) mass is 217 g/mol. The quantitative estimate of drug-likeness (QED) is 0.842. The molecule has 16 heavy (non-hydrogen) atoms. The minimum absolute atomic E-state index is 0.331. The number of aryl methyl sites for hydroxylation is 1. The Morgan fingerprint density at radius 2 is 2.06 bits per heavy atom. The van der Waals surface area contributed by atoms with Crippen LogP contribution >= 0.6 is 0 Å². The number of rotatable bonds is 4. The Balaban J connectivity index is 2.37. The lowest BCUT2D eigenvalue weighted by atomic mass is 10.1. The molecule has 0 saturated heterocycles. The van der Waals surface area contributed by atoms with E-state index in [1.165, 1.54) is 10.9 Å². The summed E-state index contributed by atoms with van der Waals surface area (Å²) in [6, 6.07) is 8.79. The maximum absolute atomic E-state index is 5.87. The van der Waals surface area contributed by atoms with Gasteiger partial charge in [0.2, 0.25) is 0 Å². The lowest BCUT2D eigenvalue weighted by molar-refractivity contribution is 0.428. The van der Waals surface area contributed by atoms with Gasteiger partial charge in [-0.25, -0.2) is 0 Å². The summed E-state index contributed by atoms with van der Waals surface area (Å²) < 4.78 is 5.87. The van der Waals surface area contributed by atoms with Crippen molar-refractivity contribution in [1.82, 2.24) is 5.32 Å². The summed E-state index contributed by atoms with van der Waals surface area (Å²) in [5, 5.41) is 4.63. The Morgan fingerprint density at radius 1 is 1.25 bits per heavy atom. The zero-order chi connectivity index (χ0) is 11.5. The Kier molecular flexibility index (Phi) is 3.30. The van der Waals surface area contributed by atoms with E-state index in [0.29, 0.717) is 6.04 Å². The molecular weight excluding hydrogens is 198 g/mol. The number of furan rings is 1. The first-order valence-electron chi connectivity index (χ1n) is 5.98. The van der Waals surface area contributed by atoms with E-state index in [-0.39, 0.29) is 0 Å². The number of nitrogens with one attached hydrogen (secondary N) is 1. The third-order valence-electron chi connectivity index (χ3n) is 2.89. The van der Waals surface area contributed by atoms with E-state index in [9.17, 15) is 0 Å². The average molecular weight is 217 g/mol. The predicted molar refractivity (Wildman–Crippen MR) is 67.7 cm³/mol. The minimum Gasteiger partial charge on any atom is -0.459 e. The molecule has 1 N–H and O–H groups in total. The van der Waals surface area contributed by atoms with Gasteiger partial charge < -0.3 is 9.73 Å². The molecule has 0 amide bonds. The SMILES string of the molecule is CCNC(CC)c1cc2cc(C)ccc2o1. The first-order valence-corrected chi connectivity index (χ1v) is 5.98. The van der Waals surface area contributed by atoms with Gasteiger partial charge in [-0.1, -0.05) is 25.5 Å². The van der Waals surface area contributed by atoms with Gasteiger partial charge in [0.1, 0.15) is 11.3 Å². The second-order valence-corrected chi connectivity index (χ2v) is 4.21. The lowest BCUT2D eigenvalue weighted by Crippen LogP contribution is -2.19. The first kappa shape index (κ1) is 11.2. The smallest absolute Gasteiger partial charge is 0.134 e. The molecule has 0 aliphatic carbocycles. The van der Waals surface area contributed by atoms with Gasteiger partial charge in [0, 0.05) is 5.39 Å². The van der Waals surface area contributed by atoms with Crippen molar-refractivity contribution in [2.45, 2.75) is 33.2 Å². The summed E-state index contributed by atoms with van der Waals surface area (Å²) in [6.07, 6.45) is 1.05. The zero-order valence-electron chi connectivity index (χ0n) is 10.2. The number of fused-ring (bicyclic) bond motifs is 1. The molecule has 2 rings (SSSR count). The molecule has 0 spiro atoms. The standard InChI is InChI=1S/C14H19NO/c1-4-12(15-5-2)14-9-11-8-10(3)6-7-13(11)16-14/h6-9,12,15H,4-5H2,1-3H3. The van der Waals surface area contributed by atoms with Crippen molar-refractivity contribution in [2.75, 3.05) is 6.54 Å². The third kappa shape index (κ3) is 2.12. The maximum Gasteiger partial charge on any atom is 0.134 e. The van der Waals surface area contributed by atoms with E-state index in [0.717, 1.165) is 24.3 Å². The van der Waals surface area contributed by atoms with E-state index < -0.39 is 0 Å². The molecule has 1 atom stereocenters. The van der Waals surface area contributed by atoms with Crippen LogP contribution in [0.3, 0.4) is 0 Å². The van der Waals surface area contributed by atoms with Crippen LogP contribution in [0.15, 0.2) is 28.7 Å². The van der Waals surface area contributed by atoms with Gasteiger partial charge in [-0.3, -0.25) is 0 Å². The van der Waals surface area contributed by atoms with Gasteiger partial charge >= 0.3 is 0 Å². The normalized spacial score (nSPS) is 13.2. The molecule has 2 aromatic rings. The van der Waals surface area contributed by atoms with E-state index in [1.807, 2.05) is 6.07 Å². The molecule has 1 heterocycles. The van der Waals surface area contributed by atoms with Crippen LogP contribution in [0.25, 0.3) is 11.0 Å². The number of hydrogen-bond donors (Lipinski definition) is 1. The fraction of sp³-hybridized carbons (Fsp3) is 0.429. The summed E-state index contributed by atoms with van der Waals surface area (Å²) in [5.74, 6) is 1.05. The van der Waals surface area contributed by atoms with Crippen molar-refractivity contribution in [3.63, 3.8) is 0 Å². The van der Waals surface area contributed by atoms with Crippen LogP contribution in [0.4, 0.5) is 0 Å². The summed E-state index contributed by atoms with van der Waals surface area (Å²) >= 11 is 0. The van der Waals surface area contributed by atoms with Crippen molar-refractivity contribution >= 4 is 11.0 Å². The van der Waals surface area contributed by atoms with Gasteiger partial charge in [0.15, 0.2) is 0 Å². The van der Waals surface area contributed by atoms with E-state index in [4.69, 9.17) is 4.42 Å². The topological polar surface area (TPSA) is 25.2 Å². The van der Waals surface area contributed by atoms with Crippen molar-refractivity contribution in [3.8, 4) is 0 Å².